The van der Waals surface area contributed by atoms with Gasteiger partial charge in [0.1, 0.15) is 48.9 Å². The Hall–Kier alpha value is -8.74. The van der Waals surface area contributed by atoms with Gasteiger partial charge in [0.15, 0.2) is 0 Å². The summed E-state index contributed by atoms with van der Waals surface area (Å²) in [6, 6.07) is 15.4. The molecule has 5 atom stereocenters. The maximum Gasteiger partial charge on any atom is 0.398 e. The van der Waals surface area contributed by atoms with E-state index in [4.69, 9.17) is 18.9 Å². The molecule has 3 aliphatic heterocycles. The minimum absolute atomic E-state index is 0.0187. The first-order valence-electron chi connectivity index (χ1n) is 31.2. The van der Waals surface area contributed by atoms with Crippen LogP contribution in [0.1, 0.15) is 57.1 Å². The third-order valence-corrected chi connectivity index (χ3v) is 18.7. The summed E-state index contributed by atoms with van der Waals surface area (Å²) in [5.74, 6) is -31.8. The molecule has 0 spiro atoms. The van der Waals surface area contributed by atoms with Gasteiger partial charge in [-0.25, -0.2) is 9.59 Å². The van der Waals surface area contributed by atoms with Crippen molar-refractivity contribution >= 4 is 40.1 Å². The molecule has 25 heteroatoms. The van der Waals surface area contributed by atoms with Crippen LogP contribution >= 0.6 is 0 Å². The van der Waals surface area contributed by atoms with E-state index in [-0.39, 0.29) is 47.5 Å². The summed E-state index contributed by atoms with van der Waals surface area (Å²) in [6.07, 6.45) is 6.30. The number of fused-ring (bicyclic) bond motifs is 9. The molecule has 0 amide bonds. The van der Waals surface area contributed by atoms with Crippen LogP contribution in [0.4, 0.5) is 61.5 Å². The Morgan fingerprint density at radius 3 is 2.13 bits per heavy atom. The lowest BCUT2D eigenvalue weighted by Crippen LogP contribution is -2.62. The van der Waals surface area contributed by atoms with Crippen LogP contribution in [-0.2, 0) is 48.5 Å². The van der Waals surface area contributed by atoms with Gasteiger partial charge in [-0.15, -0.1) is 0 Å². The fourth-order valence-electron chi connectivity index (χ4n) is 13.4. The van der Waals surface area contributed by atoms with E-state index in [2.05, 4.69) is 40.4 Å². The van der Waals surface area contributed by atoms with E-state index in [1.54, 1.807) is 54.1 Å². The number of ether oxygens (including phenoxy) is 5. The largest absolute Gasteiger partial charge is 0.493 e. The predicted molar refractivity (Wildman–Crippen MR) is 333 cm³/mol. The normalized spacial score (nSPS) is 20.0. The number of carbonyl (C=O) groups is 2. The summed E-state index contributed by atoms with van der Waals surface area (Å²) in [5.41, 5.74) is 10.3. The second-order valence-electron chi connectivity index (χ2n) is 25.1. The summed E-state index contributed by atoms with van der Waals surface area (Å²) in [7, 11) is 1.71. The van der Waals surface area contributed by atoms with E-state index in [9.17, 15) is 49.8 Å². The molecule has 0 saturated heterocycles. The number of aryl methyl sites for hydroxylation is 1. The molecule has 0 fully saturated rings. The van der Waals surface area contributed by atoms with Gasteiger partial charge in [0.25, 0.3) is 0 Å². The molecular weight excluding hydrogens is 1300 g/mol. The van der Waals surface area contributed by atoms with Crippen LogP contribution in [0.25, 0.3) is 39.4 Å². The first-order chi connectivity index (χ1) is 45.7. The molecule has 97 heavy (non-hydrogen) atoms. The Bertz CT molecular complexity index is 4270. The first kappa shape index (κ1) is 69.6. The van der Waals surface area contributed by atoms with Gasteiger partial charge < -0.3 is 42.8 Å². The summed E-state index contributed by atoms with van der Waals surface area (Å²) in [6.45, 7) is 3.86. The molecular formula is C72H67F14N3O8. The van der Waals surface area contributed by atoms with Crippen LogP contribution in [0.2, 0.25) is 0 Å². The van der Waals surface area contributed by atoms with E-state index < -0.39 is 118 Å². The van der Waals surface area contributed by atoms with Crippen molar-refractivity contribution < 1.29 is 99.8 Å². The van der Waals surface area contributed by atoms with Crippen molar-refractivity contribution in [3.8, 4) is 17.0 Å². The predicted octanol–water partition coefficient (Wildman–Crippen LogP) is 14.6. The number of hydrogen-bond donors (Lipinski definition) is 1. The summed E-state index contributed by atoms with van der Waals surface area (Å²) >= 11 is 0. The molecule has 0 saturated carbocycles. The van der Waals surface area contributed by atoms with Crippen molar-refractivity contribution in [2.24, 2.45) is 30.7 Å². The molecule has 4 aliphatic carbocycles. The lowest BCUT2D eigenvalue weighted by Gasteiger charge is -2.40. The molecule has 0 bridgehead atoms. The van der Waals surface area contributed by atoms with Crippen molar-refractivity contribution in [3.05, 3.63) is 201 Å². The zero-order chi connectivity index (χ0) is 69.9. The fourth-order valence-corrected chi connectivity index (χ4v) is 13.4. The van der Waals surface area contributed by atoms with Crippen LogP contribution in [0.5, 0.6) is 5.75 Å². The van der Waals surface area contributed by atoms with Crippen LogP contribution in [-0.4, -0.2) is 119 Å². The number of esters is 2. The molecule has 516 valence electrons. The van der Waals surface area contributed by atoms with Gasteiger partial charge in [-0.05, 0) is 124 Å². The van der Waals surface area contributed by atoms with Gasteiger partial charge in [-0.3, -0.25) is 0 Å². The summed E-state index contributed by atoms with van der Waals surface area (Å²) in [4.78, 5) is 25.7. The zero-order valence-electron chi connectivity index (χ0n) is 52.7. The first-order valence-corrected chi connectivity index (χ1v) is 31.2. The summed E-state index contributed by atoms with van der Waals surface area (Å²) < 4.78 is 236. The van der Waals surface area contributed by atoms with Gasteiger partial charge in [0.2, 0.25) is 0 Å². The lowest BCUT2D eigenvalue weighted by atomic mass is 9.76. The molecule has 2 aromatic carbocycles. The highest BCUT2D eigenvalue weighted by atomic mass is 19.4. The summed E-state index contributed by atoms with van der Waals surface area (Å²) in [5, 5.41) is 11.6. The Labute approximate surface area is 548 Å². The number of alkyl halides is 14. The van der Waals surface area contributed by atoms with Crippen LogP contribution < -0.4 is 15.4 Å². The maximum atomic E-state index is 15.5. The van der Waals surface area contributed by atoms with Crippen LogP contribution in [0.15, 0.2) is 179 Å². The van der Waals surface area contributed by atoms with Crippen LogP contribution in [0, 0.1) is 23.7 Å². The molecule has 5 unspecified atom stereocenters. The molecule has 5 heterocycles. The van der Waals surface area contributed by atoms with Crippen LogP contribution in [0.3, 0.4) is 0 Å². The number of aliphatic hydroxyl groups excluding tert-OH is 1. The van der Waals surface area contributed by atoms with Gasteiger partial charge in [0, 0.05) is 83.7 Å². The molecule has 1 N–H and O–H groups in total. The van der Waals surface area contributed by atoms with Gasteiger partial charge in [-0.1, -0.05) is 86.9 Å². The maximum absolute atomic E-state index is 15.5. The third-order valence-electron chi connectivity index (χ3n) is 18.7. The van der Waals surface area contributed by atoms with Crippen molar-refractivity contribution in [3.63, 3.8) is 0 Å². The van der Waals surface area contributed by atoms with E-state index in [0.717, 1.165) is 55.6 Å². The van der Waals surface area contributed by atoms with E-state index >= 15 is 26.3 Å². The fraction of sp³-hybridized carbons (Fsp3) is 0.389. The Kier molecular flexibility index (Phi) is 19.1. The smallest absolute Gasteiger partial charge is 0.398 e. The van der Waals surface area contributed by atoms with E-state index in [1.165, 1.54) is 19.1 Å². The number of hydrogen-bond acceptors (Lipinski definition) is 9. The number of rotatable bonds is 25. The minimum Gasteiger partial charge on any atom is -0.493 e. The van der Waals surface area contributed by atoms with Gasteiger partial charge in [-0.2, -0.15) is 61.5 Å². The highest BCUT2D eigenvalue weighted by molar-refractivity contribution is 6.00. The number of allylic oxidation sites excluding steroid dienone is 12. The molecule has 4 aromatic rings. The average molecular weight is 1370 g/mol. The van der Waals surface area contributed by atoms with Crippen molar-refractivity contribution in [2.45, 2.75) is 101 Å². The average Bonchev–Trinajstić information content (AvgIpc) is 1.67. The number of halogens is 14. The molecule has 2 aromatic heterocycles. The standard InChI is InChI=1S/C72H67F14N3O8/c1-6-64(91)94-25-23-68(75,76)72(85,86)71(83,84)67(73,74)22-24-93-50-29-55(57-33-59(87(5)61(57)32-50)42-12-8-7-9-13-42)43-17-20-52-45(35-88-60-30-48(95-37-46(36-90)69(77,78)79)18-16-44(60)28-62(88)56(52)26-43)27-58-53-21-19-49(96-38-47(70(80,81)82)39-97-66(92)40(2)3)31-63(53)89-34-41(4)51-14-10-11-15-54(51)65(58)89/h6-14,17-21,28-33,41,45-47,63,90H,1-2,15-16,22-27,34-39H2,3-5H3. The van der Waals surface area contributed by atoms with E-state index in [0.29, 0.717) is 65.1 Å². The second-order valence-corrected chi connectivity index (χ2v) is 25.1. The van der Waals surface area contributed by atoms with Crippen molar-refractivity contribution in [1.29, 1.82) is 0 Å². The molecule has 0 radical (unpaired) electrons. The number of benzene rings is 2. The molecule has 11 nitrogen and oxygen atoms in total. The molecule has 11 rings (SSSR count). The number of aromatic nitrogens is 2. The third kappa shape index (κ3) is 13.4. The molecule has 7 aliphatic rings. The lowest BCUT2D eigenvalue weighted by molar-refractivity contribution is -0.368. The van der Waals surface area contributed by atoms with Crippen molar-refractivity contribution in [1.82, 2.24) is 14.0 Å². The minimum atomic E-state index is -6.65. The van der Waals surface area contributed by atoms with E-state index in [1.807, 2.05) is 54.6 Å². The zero-order valence-corrected chi connectivity index (χ0v) is 52.7. The Morgan fingerprint density at radius 1 is 0.763 bits per heavy atom. The quantitative estimate of drug-likeness (QED) is 0.0394. The SMILES string of the molecule is C=CC(=O)OCCC(F)(F)C(F)(F)C(F)(F)C(F)(F)CCOc1cc(C2=CC=C3C(=c4cc5c(n4CC3CC3=C4C=CC(OCC(COC(=O)C(=C)C)C(F)(F)F)=CC4N4CC(C)C6=CC=CCC6=C34)=CC(OCC(CO)C(F)(F)F)=CC5)C2)c2cc(-c3ccccc3)n(C)c2c1. The van der Waals surface area contributed by atoms with Gasteiger partial charge >= 0.3 is 48.0 Å². The monoisotopic (exact) mass is 1370 g/mol. The Balaban J connectivity index is 0.991. The number of carbonyl (C=O) groups excluding carboxylic acids is 2. The highest BCUT2D eigenvalue weighted by Crippen LogP contribution is 2.56. The topological polar surface area (TPSA) is 114 Å². The van der Waals surface area contributed by atoms with Crippen molar-refractivity contribution in [2.75, 3.05) is 46.2 Å². The Morgan fingerprint density at radius 2 is 1.45 bits per heavy atom. The number of nitrogens with zero attached hydrogens (tertiary/aromatic N) is 3. The number of aliphatic hydroxyl groups is 1. The highest BCUT2D eigenvalue weighted by Gasteiger charge is 2.80. The van der Waals surface area contributed by atoms with Gasteiger partial charge in [0.05, 0.1) is 44.2 Å². The second kappa shape index (κ2) is 26.6.